The summed E-state index contributed by atoms with van der Waals surface area (Å²) in [6.45, 7) is 4.21. The van der Waals surface area contributed by atoms with Gasteiger partial charge >= 0.3 is 0 Å². The van der Waals surface area contributed by atoms with Crippen molar-refractivity contribution in [3.63, 3.8) is 0 Å². The molecule has 3 rings (SSSR count). The smallest absolute Gasteiger partial charge is 0.237 e. The summed E-state index contributed by atoms with van der Waals surface area (Å²) in [7, 11) is 1.48. The van der Waals surface area contributed by atoms with Crippen LogP contribution in [0.3, 0.4) is 0 Å². The summed E-state index contributed by atoms with van der Waals surface area (Å²) in [5.74, 6) is 0.153. The molecule has 144 valence electrons. The average molecular weight is 428 g/mol. The molecule has 2 heterocycles. The fraction of sp³-hybridized carbons (Fsp3) is 0.632. The van der Waals surface area contributed by atoms with E-state index >= 15 is 0 Å². The summed E-state index contributed by atoms with van der Waals surface area (Å²) >= 11 is 3.31. The lowest BCUT2D eigenvalue weighted by Gasteiger charge is -2.51. The standard InChI is InChI=1S/C19H26BrNO5/c1-3-9-26-14-11-21-10-13(20)17(23)18(25-2)16(21)15(12-5-4-6-12)19(14,24)7-8-22/h3,10,12,14-15,22,24H,1,4-9,11H2,2H3. The molecule has 1 aliphatic carbocycles. The van der Waals surface area contributed by atoms with Crippen LogP contribution in [0.25, 0.3) is 0 Å². The molecule has 26 heavy (non-hydrogen) atoms. The number of halogens is 1. The number of fused-ring (bicyclic) bond motifs is 1. The Bertz CT molecular complexity index is 729. The van der Waals surface area contributed by atoms with E-state index in [1.54, 1.807) is 12.3 Å². The molecule has 0 saturated heterocycles. The highest BCUT2D eigenvalue weighted by molar-refractivity contribution is 9.10. The van der Waals surface area contributed by atoms with Crippen LogP contribution in [0.4, 0.5) is 0 Å². The summed E-state index contributed by atoms with van der Waals surface area (Å²) in [4.78, 5) is 12.6. The van der Waals surface area contributed by atoms with Crippen LogP contribution in [-0.4, -0.2) is 46.8 Å². The Kier molecular flexibility index (Phi) is 5.91. The van der Waals surface area contributed by atoms with Gasteiger partial charge in [0.15, 0.2) is 5.75 Å². The first-order valence-electron chi connectivity index (χ1n) is 9.00. The number of methoxy groups -OCH3 is 1. The van der Waals surface area contributed by atoms with Crippen LogP contribution in [-0.2, 0) is 11.3 Å². The second-order valence-electron chi connectivity index (χ2n) is 7.12. The third-order valence-corrected chi connectivity index (χ3v) is 6.31. The first kappa shape index (κ1) is 19.6. The van der Waals surface area contributed by atoms with Gasteiger partial charge in [-0.25, -0.2) is 0 Å². The number of ether oxygens (including phenoxy) is 2. The number of rotatable bonds is 7. The highest BCUT2D eigenvalue weighted by Gasteiger charge is 2.54. The zero-order chi connectivity index (χ0) is 18.9. The van der Waals surface area contributed by atoms with Crippen molar-refractivity contribution >= 4 is 15.9 Å². The van der Waals surface area contributed by atoms with E-state index < -0.39 is 11.7 Å². The SMILES string of the molecule is C=CCOC1Cn2cc(Br)c(=O)c(OC)c2C(C2CCC2)C1(O)CCO. The van der Waals surface area contributed by atoms with Gasteiger partial charge in [-0.1, -0.05) is 12.5 Å². The van der Waals surface area contributed by atoms with E-state index in [4.69, 9.17) is 9.47 Å². The lowest BCUT2D eigenvalue weighted by Crippen LogP contribution is -2.58. The zero-order valence-electron chi connectivity index (χ0n) is 15.0. The van der Waals surface area contributed by atoms with Crippen LogP contribution >= 0.6 is 15.9 Å². The Hall–Kier alpha value is -1.15. The molecule has 1 saturated carbocycles. The van der Waals surface area contributed by atoms with Crippen molar-refractivity contribution in [3.05, 3.63) is 39.2 Å². The number of nitrogens with zero attached hydrogens (tertiary/aromatic N) is 1. The highest BCUT2D eigenvalue weighted by Crippen LogP contribution is 2.52. The third-order valence-electron chi connectivity index (χ3n) is 5.74. The minimum atomic E-state index is -1.27. The maximum absolute atomic E-state index is 12.6. The van der Waals surface area contributed by atoms with Crippen molar-refractivity contribution in [2.45, 2.75) is 49.9 Å². The van der Waals surface area contributed by atoms with Gasteiger partial charge < -0.3 is 24.3 Å². The van der Waals surface area contributed by atoms with Gasteiger partial charge in [0.25, 0.3) is 0 Å². The fourth-order valence-corrected chi connectivity index (χ4v) is 4.77. The van der Waals surface area contributed by atoms with Crippen molar-refractivity contribution in [1.29, 1.82) is 0 Å². The number of aromatic nitrogens is 1. The van der Waals surface area contributed by atoms with Gasteiger partial charge in [-0.15, -0.1) is 6.58 Å². The second kappa shape index (κ2) is 7.84. The molecule has 2 aliphatic rings. The number of pyridine rings is 1. The van der Waals surface area contributed by atoms with E-state index in [0.717, 1.165) is 19.3 Å². The van der Waals surface area contributed by atoms with Crippen LogP contribution in [0.5, 0.6) is 5.75 Å². The molecule has 1 fully saturated rings. The third kappa shape index (κ3) is 3.15. The Balaban J connectivity index is 2.19. The van der Waals surface area contributed by atoms with Gasteiger partial charge in [-0.2, -0.15) is 0 Å². The predicted molar refractivity (Wildman–Crippen MR) is 102 cm³/mol. The van der Waals surface area contributed by atoms with E-state index in [0.29, 0.717) is 23.3 Å². The Morgan fingerprint density at radius 3 is 2.77 bits per heavy atom. The van der Waals surface area contributed by atoms with Crippen molar-refractivity contribution in [1.82, 2.24) is 4.57 Å². The van der Waals surface area contributed by atoms with Crippen molar-refractivity contribution in [2.75, 3.05) is 20.3 Å². The van der Waals surface area contributed by atoms with E-state index in [2.05, 4.69) is 22.5 Å². The highest BCUT2D eigenvalue weighted by atomic mass is 79.9. The number of aliphatic hydroxyl groups excluding tert-OH is 1. The number of hydrogen-bond donors (Lipinski definition) is 2. The molecule has 0 bridgehead atoms. The zero-order valence-corrected chi connectivity index (χ0v) is 16.6. The molecule has 1 aliphatic heterocycles. The lowest BCUT2D eigenvalue weighted by molar-refractivity contribution is -0.159. The van der Waals surface area contributed by atoms with E-state index in [-0.39, 0.29) is 36.0 Å². The van der Waals surface area contributed by atoms with E-state index in [1.165, 1.54) is 7.11 Å². The quantitative estimate of drug-likeness (QED) is 0.651. The molecule has 0 amide bonds. The summed E-state index contributed by atoms with van der Waals surface area (Å²) in [5.41, 5.74) is -0.782. The molecule has 2 N–H and O–H groups in total. The molecule has 0 radical (unpaired) electrons. The fourth-order valence-electron chi connectivity index (χ4n) is 4.34. The Labute approximate surface area is 161 Å². The Morgan fingerprint density at radius 2 is 2.23 bits per heavy atom. The van der Waals surface area contributed by atoms with E-state index in [1.807, 2.05) is 4.57 Å². The van der Waals surface area contributed by atoms with E-state index in [9.17, 15) is 15.0 Å². The molecular formula is C19H26BrNO5. The molecule has 3 unspecified atom stereocenters. The number of aliphatic hydroxyl groups is 2. The van der Waals surface area contributed by atoms with Gasteiger partial charge in [-0.3, -0.25) is 4.79 Å². The summed E-state index contributed by atoms with van der Waals surface area (Å²) in [6.07, 6.45) is 6.11. The second-order valence-corrected chi connectivity index (χ2v) is 7.98. The van der Waals surface area contributed by atoms with Crippen molar-refractivity contribution < 1.29 is 19.7 Å². The molecular weight excluding hydrogens is 402 g/mol. The molecule has 1 aromatic heterocycles. The maximum Gasteiger partial charge on any atom is 0.237 e. The summed E-state index contributed by atoms with van der Waals surface area (Å²) < 4.78 is 13.8. The Morgan fingerprint density at radius 1 is 1.50 bits per heavy atom. The molecule has 1 aromatic rings. The van der Waals surface area contributed by atoms with Gasteiger partial charge in [-0.05, 0) is 34.7 Å². The first-order valence-corrected chi connectivity index (χ1v) is 9.79. The topological polar surface area (TPSA) is 80.9 Å². The molecule has 6 nitrogen and oxygen atoms in total. The van der Waals surface area contributed by atoms with Crippen molar-refractivity contribution in [2.24, 2.45) is 5.92 Å². The van der Waals surface area contributed by atoms with Crippen LogP contribution < -0.4 is 10.2 Å². The summed E-state index contributed by atoms with van der Waals surface area (Å²) in [6, 6.07) is 0. The monoisotopic (exact) mass is 427 g/mol. The van der Waals surface area contributed by atoms with Crippen LogP contribution in [0, 0.1) is 5.92 Å². The average Bonchev–Trinajstić information content (AvgIpc) is 2.56. The molecule has 0 spiro atoms. The van der Waals surface area contributed by atoms with Crippen molar-refractivity contribution in [3.8, 4) is 5.75 Å². The molecule has 0 aromatic carbocycles. The maximum atomic E-state index is 12.6. The minimum Gasteiger partial charge on any atom is -0.491 e. The largest absolute Gasteiger partial charge is 0.491 e. The summed E-state index contributed by atoms with van der Waals surface area (Å²) in [5, 5.41) is 21.3. The molecule has 3 atom stereocenters. The van der Waals surface area contributed by atoms with Crippen LogP contribution in [0.2, 0.25) is 0 Å². The van der Waals surface area contributed by atoms with Gasteiger partial charge in [0, 0.05) is 25.1 Å². The van der Waals surface area contributed by atoms with Crippen LogP contribution in [0.15, 0.2) is 28.1 Å². The van der Waals surface area contributed by atoms with Crippen LogP contribution in [0.1, 0.15) is 37.3 Å². The molecule has 7 heteroatoms. The van der Waals surface area contributed by atoms with Gasteiger partial charge in [0.1, 0.15) is 11.7 Å². The first-order chi connectivity index (χ1) is 12.5. The number of hydrogen-bond acceptors (Lipinski definition) is 5. The minimum absolute atomic E-state index is 0.156. The lowest BCUT2D eigenvalue weighted by atomic mass is 9.63. The van der Waals surface area contributed by atoms with Gasteiger partial charge in [0.2, 0.25) is 5.43 Å². The van der Waals surface area contributed by atoms with Gasteiger partial charge in [0.05, 0.1) is 30.4 Å². The normalized spacial score (nSPS) is 28.3. The predicted octanol–water partition coefficient (Wildman–Crippen LogP) is 2.20.